The molecule has 34 heavy (non-hydrogen) atoms. The van der Waals surface area contributed by atoms with Crippen LogP contribution in [0.2, 0.25) is 0 Å². The number of carbonyl (C=O) groups is 3. The first-order valence-corrected chi connectivity index (χ1v) is 11.9. The monoisotopic (exact) mass is 470 g/mol. The van der Waals surface area contributed by atoms with E-state index in [2.05, 4.69) is 13.0 Å². The highest BCUT2D eigenvalue weighted by atomic mass is 16.6. The summed E-state index contributed by atoms with van der Waals surface area (Å²) in [5.74, 6) is -1.47. The molecule has 0 heterocycles. The van der Waals surface area contributed by atoms with Crippen LogP contribution < -0.4 is 0 Å². The Balaban J connectivity index is 2.19. The third kappa shape index (κ3) is 4.77. The molecule has 0 radical (unpaired) electrons. The molecule has 3 atom stereocenters. The molecular weight excluding hydrogens is 432 g/mol. The van der Waals surface area contributed by atoms with E-state index in [0.29, 0.717) is 0 Å². The first-order valence-electron chi connectivity index (χ1n) is 11.9. The highest BCUT2D eigenvalue weighted by Crippen LogP contribution is 2.56. The van der Waals surface area contributed by atoms with Gasteiger partial charge < -0.3 is 14.2 Å². The fourth-order valence-corrected chi connectivity index (χ4v) is 5.48. The summed E-state index contributed by atoms with van der Waals surface area (Å²) in [7, 11) is 1.42. The van der Waals surface area contributed by atoms with Crippen molar-refractivity contribution >= 4 is 24.0 Å². The van der Waals surface area contributed by atoms with E-state index in [1.54, 1.807) is 53.7 Å². The van der Waals surface area contributed by atoms with Gasteiger partial charge >= 0.3 is 17.9 Å². The molecule has 2 aliphatic carbocycles. The van der Waals surface area contributed by atoms with E-state index in [0.717, 1.165) is 30.4 Å². The highest BCUT2D eigenvalue weighted by Gasteiger charge is 2.54. The molecule has 0 aromatic heterocycles. The third-order valence-electron chi connectivity index (χ3n) is 6.93. The predicted molar refractivity (Wildman–Crippen MR) is 131 cm³/mol. The quantitative estimate of drug-likeness (QED) is 0.407. The largest absolute Gasteiger partial charge is 0.469 e. The van der Waals surface area contributed by atoms with Crippen LogP contribution in [0.15, 0.2) is 18.2 Å². The Morgan fingerprint density at radius 2 is 1.41 bits per heavy atom. The molecule has 0 saturated heterocycles. The number of rotatable bonds is 3. The minimum atomic E-state index is -0.723. The molecular formula is C28H38O6. The Bertz CT molecular complexity index is 1040. The van der Waals surface area contributed by atoms with Gasteiger partial charge in [0.1, 0.15) is 11.2 Å². The lowest BCUT2D eigenvalue weighted by Crippen LogP contribution is -2.51. The number of methoxy groups -OCH3 is 1. The van der Waals surface area contributed by atoms with Gasteiger partial charge in [-0.15, -0.1) is 0 Å². The Labute approximate surface area is 203 Å². The van der Waals surface area contributed by atoms with Gasteiger partial charge in [-0.1, -0.05) is 25.5 Å². The molecule has 1 saturated carbocycles. The van der Waals surface area contributed by atoms with E-state index < -0.39 is 34.0 Å². The van der Waals surface area contributed by atoms with Crippen molar-refractivity contribution in [3.8, 4) is 0 Å². The summed E-state index contributed by atoms with van der Waals surface area (Å²) in [6.07, 6.45) is 6.43. The zero-order valence-corrected chi connectivity index (χ0v) is 22.0. The average Bonchev–Trinajstić information content (AvgIpc) is 2.69. The van der Waals surface area contributed by atoms with E-state index in [-0.39, 0.29) is 23.0 Å². The van der Waals surface area contributed by atoms with Crippen molar-refractivity contribution in [2.45, 2.75) is 91.3 Å². The van der Waals surface area contributed by atoms with Gasteiger partial charge in [0, 0.05) is 11.3 Å². The summed E-state index contributed by atoms with van der Waals surface area (Å²) in [5, 5.41) is 0. The Hall–Kier alpha value is -2.63. The molecule has 1 unspecified atom stereocenters. The summed E-state index contributed by atoms with van der Waals surface area (Å²) >= 11 is 0. The maximum absolute atomic E-state index is 13.3. The lowest BCUT2D eigenvalue weighted by molar-refractivity contribution is -0.158. The SMILES string of the molecule is COC(=O)[C@@]1(C)CCC[C@]2(C)c3cc(C(=O)OC(C)(C)C)c(C(=O)OC(C)(C)C)cc3C=CC12. The maximum atomic E-state index is 13.3. The Morgan fingerprint density at radius 1 is 0.882 bits per heavy atom. The lowest BCUT2D eigenvalue weighted by Gasteiger charge is -2.51. The van der Waals surface area contributed by atoms with Gasteiger partial charge in [-0.25, -0.2) is 9.59 Å². The number of benzene rings is 1. The number of hydrogen-bond acceptors (Lipinski definition) is 6. The van der Waals surface area contributed by atoms with Crippen LogP contribution in [-0.4, -0.2) is 36.2 Å². The van der Waals surface area contributed by atoms with Crippen molar-refractivity contribution in [2.75, 3.05) is 7.11 Å². The summed E-state index contributed by atoms with van der Waals surface area (Å²) in [5.41, 5.74) is -0.371. The molecule has 0 N–H and O–H groups in total. The van der Waals surface area contributed by atoms with Crippen molar-refractivity contribution in [1.29, 1.82) is 0 Å². The summed E-state index contributed by atoms with van der Waals surface area (Å²) in [6.45, 7) is 14.8. The number of hydrogen-bond donors (Lipinski definition) is 0. The maximum Gasteiger partial charge on any atom is 0.339 e. The van der Waals surface area contributed by atoms with Crippen LogP contribution in [0.1, 0.15) is 106 Å². The van der Waals surface area contributed by atoms with Crippen LogP contribution in [0.3, 0.4) is 0 Å². The molecule has 3 rings (SSSR count). The van der Waals surface area contributed by atoms with E-state index in [9.17, 15) is 14.4 Å². The molecule has 186 valence electrons. The van der Waals surface area contributed by atoms with E-state index in [1.165, 1.54) is 7.11 Å². The van der Waals surface area contributed by atoms with Gasteiger partial charge in [-0.2, -0.15) is 0 Å². The molecule has 0 aliphatic heterocycles. The number of carbonyl (C=O) groups excluding carboxylic acids is 3. The zero-order valence-electron chi connectivity index (χ0n) is 22.0. The van der Waals surface area contributed by atoms with Crippen LogP contribution in [0.25, 0.3) is 6.08 Å². The first-order chi connectivity index (χ1) is 15.5. The molecule has 6 heteroatoms. The summed E-state index contributed by atoms with van der Waals surface area (Å²) < 4.78 is 16.5. The number of ether oxygens (including phenoxy) is 3. The molecule has 0 bridgehead atoms. The topological polar surface area (TPSA) is 78.9 Å². The van der Waals surface area contributed by atoms with Crippen LogP contribution in [-0.2, 0) is 24.4 Å². The number of fused-ring (bicyclic) bond motifs is 3. The normalized spacial score (nSPS) is 26.2. The van der Waals surface area contributed by atoms with Crippen LogP contribution in [0, 0.1) is 11.3 Å². The fraction of sp³-hybridized carbons (Fsp3) is 0.607. The lowest BCUT2D eigenvalue weighted by atomic mass is 9.51. The van der Waals surface area contributed by atoms with Gasteiger partial charge in [0.2, 0.25) is 0 Å². The minimum absolute atomic E-state index is 0.104. The highest BCUT2D eigenvalue weighted by molar-refractivity contribution is 6.04. The zero-order chi connectivity index (χ0) is 25.7. The minimum Gasteiger partial charge on any atom is -0.469 e. The van der Waals surface area contributed by atoms with Gasteiger partial charge in [0.05, 0.1) is 23.7 Å². The van der Waals surface area contributed by atoms with Crippen LogP contribution in [0.4, 0.5) is 0 Å². The van der Waals surface area contributed by atoms with Crippen molar-refractivity contribution < 1.29 is 28.6 Å². The summed E-state index contributed by atoms with van der Waals surface area (Å²) in [4.78, 5) is 39.2. The molecule has 0 amide bonds. The van der Waals surface area contributed by atoms with Gasteiger partial charge in [-0.3, -0.25) is 4.79 Å². The second-order valence-corrected chi connectivity index (χ2v) is 12.0. The van der Waals surface area contributed by atoms with Crippen LogP contribution >= 0.6 is 0 Å². The molecule has 0 spiro atoms. The van der Waals surface area contributed by atoms with Crippen molar-refractivity contribution in [3.05, 3.63) is 40.5 Å². The smallest absolute Gasteiger partial charge is 0.339 e. The second kappa shape index (κ2) is 8.54. The average molecular weight is 471 g/mol. The number of allylic oxidation sites excluding steroid dienone is 1. The predicted octanol–water partition coefficient (Wildman–Crippen LogP) is 5.86. The molecule has 1 aromatic carbocycles. The Kier molecular flexibility index (Phi) is 6.53. The standard InChI is InChI=1S/C28H38O6/c1-25(2,3)33-22(29)18-15-17-11-12-21-27(7,13-10-14-28(21,8)24(31)32-9)20(17)16-19(18)23(30)34-26(4,5)6/h11-12,15-16,21H,10,13-14H2,1-9H3/t21?,27-,28+/m1/s1. The molecule has 6 nitrogen and oxygen atoms in total. The fourth-order valence-electron chi connectivity index (χ4n) is 5.48. The molecule has 2 aliphatic rings. The summed E-state index contributed by atoms with van der Waals surface area (Å²) in [6, 6.07) is 3.51. The number of esters is 3. The van der Waals surface area contributed by atoms with E-state index in [4.69, 9.17) is 14.2 Å². The van der Waals surface area contributed by atoms with E-state index in [1.807, 2.05) is 13.0 Å². The van der Waals surface area contributed by atoms with Gasteiger partial charge in [0.15, 0.2) is 0 Å². The van der Waals surface area contributed by atoms with Gasteiger partial charge in [0.25, 0.3) is 0 Å². The van der Waals surface area contributed by atoms with Crippen LogP contribution in [0.5, 0.6) is 0 Å². The Morgan fingerprint density at radius 3 is 1.91 bits per heavy atom. The molecule has 1 fully saturated rings. The van der Waals surface area contributed by atoms with Gasteiger partial charge in [-0.05, 0) is 84.6 Å². The third-order valence-corrected chi connectivity index (χ3v) is 6.93. The van der Waals surface area contributed by atoms with Crippen molar-refractivity contribution in [1.82, 2.24) is 0 Å². The molecule has 1 aromatic rings. The van der Waals surface area contributed by atoms with Crippen molar-refractivity contribution in [2.24, 2.45) is 11.3 Å². The van der Waals surface area contributed by atoms with E-state index >= 15 is 0 Å². The second-order valence-electron chi connectivity index (χ2n) is 12.0. The van der Waals surface area contributed by atoms with Crippen molar-refractivity contribution in [3.63, 3.8) is 0 Å². The first kappa shape index (κ1) is 26.0.